The third-order valence-electron chi connectivity index (χ3n) is 4.87. The predicted octanol–water partition coefficient (Wildman–Crippen LogP) is 4.01. The zero-order valence-electron chi connectivity index (χ0n) is 15.1. The Balaban J connectivity index is 1.49. The summed E-state index contributed by atoms with van der Waals surface area (Å²) in [5, 5.41) is 2.81. The highest BCUT2D eigenvalue weighted by Gasteiger charge is 2.34. The molecule has 27 heavy (non-hydrogen) atoms. The topological polar surface area (TPSA) is 53.5 Å². The molecule has 2 aromatic heterocycles. The van der Waals surface area contributed by atoms with Crippen LogP contribution in [0.5, 0.6) is 0 Å². The van der Waals surface area contributed by atoms with Crippen molar-refractivity contribution in [2.24, 2.45) is 0 Å². The number of aromatic nitrogens is 1. The Bertz CT molecular complexity index is 918. The maximum absolute atomic E-state index is 13.1. The van der Waals surface area contributed by atoms with Crippen LogP contribution >= 0.6 is 22.7 Å². The van der Waals surface area contributed by atoms with Crippen molar-refractivity contribution < 1.29 is 9.59 Å². The van der Waals surface area contributed by atoms with Crippen LogP contribution in [0.4, 0.5) is 0 Å². The van der Waals surface area contributed by atoms with Crippen molar-refractivity contribution in [1.29, 1.82) is 0 Å². The number of rotatable bonds is 4. The molecule has 1 saturated heterocycles. The van der Waals surface area contributed by atoms with E-state index < -0.39 is 0 Å². The molecule has 1 aliphatic rings. The molecule has 0 radical (unpaired) electrons. The molecule has 0 spiro atoms. The monoisotopic (exact) mass is 399 g/mol. The number of hydrogen-bond acceptors (Lipinski definition) is 5. The molecule has 1 aliphatic heterocycles. The lowest BCUT2D eigenvalue weighted by Gasteiger charge is -2.36. The van der Waals surface area contributed by atoms with E-state index in [0.29, 0.717) is 18.0 Å². The highest BCUT2D eigenvalue weighted by Crippen LogP contribution is 2.25. The van der Waals surface area contributed by atoms with Gasteiger partial charge in [-0.3, -0.25) is 9.59 Å². The zero-order chi connectivity index (χ0) is 18.8. The Morgan fingerprint density at radius 2 is 2.07 bits per heavy atom. The van der Waals surface area contributed by atoms with E-state index in [1.54, 1.807) is 28.2 Å². The maximum atomic E-state index is 13.1. The second-order valence-electron chi connectivity index (χ2n) is 6.76. The van der Waals surface area contributed by atoms with Gasteiger partial charge in [0.25, 0.3) is 5.91 Å². The number of carbonyl (C=O) groups excluding carboxylic acids is 2. The second kappa shape index (κ2) is 7.78. The normalized spacial score (nSPS) is 17.2. The van der Waals surface area contributed by atoms with Crippen LogP contribution in [0, 0.1) is 0 Å². The fourth-order valence-corrected chi connectivity index (χ4v) is 5.20. The quantitative estimate of drug-likeness (QED) is 0.666. The number of carbonyl (C=O) groups is 2. The Morgan fingerprint density at radius 3 is 2.85 bits per heavy atom. The number of hydrogen-bond donors (Lipinski definition) is 0. The molecule has 1 atom stereocenters. The summed E-state index contributed by atoms with van der Waals surface area (Å²) in [5.74, 6) is -0.0321. The fourth-order valence-electron chi connectivity index (χ4n) is 3.50. The summed E-state index contributed by atoms with van der Waals surface area (Å²) in [6.07, 6.45) is 2.64. The molecule has 140 valence electrons. The molecule has 4 rings (SSSR count). The summed E-state index contributed by atoms with van der Waals surface area (Å²) in [4.78, 5) is 34.7. The number of benzene rings is 1. The van der Waals surface area contributed by atoms with Crippen molar-refractivity contribution in [3.8, 4) is 0 Å². The molecule has 0 aliphatic carbocycles. The molecule has 1 aromatic carbocycles. The molecule has 0 N–H and O–H groups in total. The van der Waals surface area contributed by atoms with E-state index in [2.05, 4.69) is 4.98 Å². The van der Waals surface area contributed by atoms with E-state index in [9.17, 15) is 9.59 Å². The lowest BCUT2D eigenvalue weighted by atomic mass is 10.0. The number of piperidine rings is 1. The van der Waals surface area contributed by atoms with Crippen LogP contribution in [-0.2, 0) is 11.3 Å². The van der Waals surface area contributed by atoms with Crippen molar-refractivity contribution in [1.82, 2.24) is 14.8 Å². The number of para-hydroxylation sites is 1. The van der Waals surface area contributed by atoms with Crippen molar-refractivity contribution in [2.45, 2.75) is 31.8 Å². The number of thiophene rings is 1. The average Bonchev–Trinajstić information content (AvgIpc) is 3.36. The van der Waals surface area contributed by atoms with Crippen LogP contribution in [0.15, 0.2) is 41.8 Å². The second-order valence-corrected chi connectivity index (χ2v) is 8.82. The number of fused-ring (bicyclic) bond motifs is 1. The van der Waals surface area contributed by atoms with Gasteiger partial charge in [0, 0.05) is 13.6 Å². The lowest BCUT2D eigenvalue weighted by molar-refractivity contribution is -0.136. The molecule has 7 heteroatoms. The Labute approximate surface area is 166 Å². The van der Waals surface area contributed by atoms with E-state index in [1.807, 2.05) is 41.8 Å². The molecule has 2 amide bonds. The van der Waals surface area contributed by atoms with E-state index in [-0.39, 0.29) is 17.9 Å². The molecule has 1 unspecified atom stereocenters. The van der Waals surface area contributed by atoms with Crippen LogP contribution in [0.2, 0.25) is 0 Å². The number of likely N-dealkylation sites (tertiary alicyclic amines) is 1. The molecule has 5 nitrogen and oxygen atoms in total. The summed E-state index contributed by atoms with van der Waals surface area (Å²) in [6, 6.07) is 11.3. The Morgan fingerprint density at radius 1 is 1.22 bits per heavy atom. The van der Waals surface area contributed by atoms with Gasteiger partial charge in [-0.15, -0.1) is 22.7 Å². The van der Waals surface area contributed by atoms with Crippen LogP contribution in [0.3, 0.4) is 0 Å². The number of thiazole rings is 1. The van der Waals surface area contributed by atoms with Crippen LogP contribution < -0.4 is 0 Å². The summed E-state index contributed by atoms with van der Waals surface area (Å²) in [7, 11) is 1.80. The van der Waals surface area contributed by atoms with E-state index in [1.165, 1.54) is 11.3 Å². The molecular weight excluding hydrogens is 378 g/mol. The highest BCUT2D eigenvalue weighted by atomic mass is 32.1. The van der Waals surface area contributed by atoms with Gasteiger partial charge < -0.3 is 9.80 Å². The lowest BCUT2D eigenvalue weighted by Crippen LogP contribution is -2.52. The smallest absolute Gasteiger partial charge is 0.264 e. The Kier molecular flexibility index (Phi) is 5.22. The van der Waals surface area contributed by atoms with E-state index >= 15 is 0 Å². The minimum atomic E-state index is -0.382. The van der Waals surface area contributed by atoms with Crippen LogP contribution in [-0.4, -0.2) is 46.2 Å². The van der Waals surface area contributed by atoms with Gasteiger partial charge in [0.15, 0.2) is 0 Å². The van der Waals surface area contributed by atoms with Gasteiger partial charge in [-0.1, -0.05) is 18.2 Å². The first-order chi connectivity index (χ1) is 13.1. The molecule has 0 saturated carbocycles. The summed E-state index contributed by atoms with van der Waals surface area (Å²) < 4.78 is 1.13. The standard InChI is InChI=1S/C20H21N3O2S2/c1-22(13-18-21-14-7-2-3-9-16(14)27-18)19(24)15-8-4-5-11-23(15)20(25)17-10-6-12-26-17/h2-3,6-7,9-10,12,15H,4-5,8,11,13H2,1H3. The maximum Gasteiger partial charge on any atom is 0.264 e. The molecule has 0 bridgehead atoms. The molecule has 3 aromatic rings. The third kappa shape index (κ3) is 3.75. The van der Waals surface area contributed by atoms with Crippen LogP contribution in [0.1, 0.15) is 33.9 Å². The molecule has 1 fully saturated rings. The summed E-state index contributed by atoms with van der Waals surface area (Å²) in [6.45, 7) is 1.11. The van der Waals surface area contributed by atoms with Crippen molar-refractivity contribution >= 4 is 44.7 Å². The first kappa shape index (κ1) is 18.1. The zero-order valence-corrected chi connectivity index (χ0v) is 16.8. The largest absolute Gasteiger partial charge is 0.337 e. The van der Waals surface area contributed by atoms with Crippen molar-refractivity contribution in [2.75, 3.05) is 13.6 Å². The first-order valence-corrected chi connectivity index (χ1v) is 10.8. The van der Waals surface area contributed by atoms with Gasteiger partial charge in [-0.25, -0.2) is 4.98 Å². The van der Waals surface area contributed by atoms with Gasteiger partial charge in [-0.2, -0.15) is 0 Å². The summed E-state index contributed by atoms with van der Waals surface area (Å²) in [5.41, 5.74) is 0.963. The number of nitrogens with zero attached hydrogens (tertiary/aromatic N) is 3. The summed E-state index contributed by atoms with van der Waals surface area (Å²) >= 11 is 3.04. The number of amides is 2. The minimum absolute atomic E-state index is 0.00105. The number of likely N-dealkylation sites (N-methyl/N-ethyl adjacent to an activating group) is 1. The van der Waals surface area contributed by atoms with Gasteiger partial charge in [0.2, 0.25) is 5.91 Å². The third-order valence-corrected chi connectivity index (χ3v) is 6.75. The van der Waals surface area contributed by atoms with Gasteiger partial charge >= 0.3 is 0 Å². The minimum Gasteiger partial charge on any atom is -0.337 e. The van der Waals surface area contributed by atoms with Crippen molar-refractivity contribution in [3.63, 3.8) is 0 Å². The van der Waals surface area contributed by atoms with Gasteiger partial charge in [-0.05, 0) is 42.8 Å². The Hall–Kier alpha value is -2.25. The molecule has 3 heterocycles. The van der Waals surface area contributed by atoms with E-state index in [4.69, 9.17) is 0 Å². The fraction of sp³-hybridized carbons (Fsp3) is 0.350. The predicted molar refractivity (Wildman–Crippen MR) is 109 cm³/mol. The van der Waals surface area contributed by atoms with Gasteiger partial charge in [0.05, 0.1) is 21.6 Å². The highest BCUT2D eigenvalue weighted by molar-refractivity contribution is 7.18. The molecular formula is C20H21N3O2S2. The van der Waals surface area contributed by atoms with Crippen molar-refractivity contribution in [3.05, 3.63) is 51.7 Å². The SMILES string of the molecule is CN(Cc1nc2ccccc2s1)C(=O)C1CCCCN1C(=O)c1cccs1. The van der Waals surface area contributed by atoms with E-state index in [0.717, 1.165) is 34.5 Å². The average molecular weight is 400 g/mol. The first-order valence-electron chi connectivity index (χ1n) is 9.07. The van der Waals surface area contributed by atoms with Gasteiger partial charge in [0.1, 0.15) is 11.0 Å². The van der Waals surface area contributed by atoms with Crippen LogP contribution in [0.25, 0.3) is 10.2 Å².